The van der Waals surface area contributed by atoms with Crippen molar-refractivity contribution in [3.05, 3.63) is 24.2 Å². The molecule has 0 bridgehead atoms. The molecule has 2 fully saturated rings. The van der Waals surface area contributed by atoms with Crippen molar-refractivity contribution in [1.29, 1.82) is 0 Å². The molecule has 4 rings (SSSR count). The van der Waals surface area contributed by atoms with E-state index in [0.29, 0.717) is 5.89 Å². The van der Waals surface area contributed by atoms with Crippen LogP contribution < -0.4 is 10.2 Å². The minimum Gasteiger partial charge on any atom is -0.356 e. The Hall–Kier alpha value is -1.99. The summed E-state index contributed by atoms with van der Waals surface area (Å²) < 4.78 is 5.53. The van der Waals surface area contributed by atoms with Crippen molar-refractivity contribution in [1.82, 2.24) is 25.3 Å². The Labute approximate surface area is 142 Å². The molecular weight excluding hydrogens is 304 g/mol. The van der Waals surface area contributed by atoms with Gasteiger partial charge in [-0.3, -0.25) is 4.90 Å². The van der Waals surface area contributed by atoms with Crippen LogP contribution in [0, 0.1) is 5.92 Å². The van der Waals surface area contributed by atoms with Crippen molar-refractivity contribution in [3.8, 4) is 11.5 Å². The van der Waals surface area contributed by atoms with Gasteiger partial charge in [0.1, 0.15) is 5.82 Å². The molecule has 1 N–H and O–H groups in total. The highest BCUT2D eigenvalue weighted by molar-refractivity contribution is 5.59. The van der Waals surface area contributed by atoms with E-state index in [1.165, 1.54) is 6.42 Å². The maximum absolute atomic E-state index is 5.53. The Morgan fingerprint density at radius 2 is 2.25 bits per heavy atom. The third kappa shape index (κ3) is 3.01. The van der Waals surface area contributed by atoms with Crippen LogP contribution in [-0.4, -0.2) is 59.8 Å². The molecule has 2 aromatic rings. The first-order valence-electron chi connectivity index (χ1n) is 8.66. The molecule has 0 radical (unpaired) electrons. The van der Waals surface area contributed by atoms with Gasteiger partial charge < -0.3 is 14.7 Å². The topological polar surface area (TPSA) is 70.3 Å². The standard InChI is InChI=1S/C17H24N6O/c1-12-4-7-23(11-12)15-9-13(3-5-19-15)17-20-16(21-24-17)14-10-18-6-8-22(14)2/h3,5,9,12,14,18H,4,6-8,10-11H2,1-2H3. The average molecular weight is 328 g/mol. The molecule has 2 atom stereocenters. The third-order valence-electron chi connectivity index (χ3n) is 4.99. The predicted molar refractivity (Wildman–Crippen MR) is 91.8 cm³/mol. The van der Waals surface area contributed by atoms with E-state index in [2.05, 4.69) is 50.3 Å². The minimum absolute atomic E-state index is 0.164. The van der Waals surface area contributed by atoms with Gasteiger partial charge in [-0.15, -0.1) is 0 Å². The summed E-state index contributed by atoms with van der Waals surface area (Å²) in [5.41, 5.74) is 0.935. The zero-order valence-electron chi connectivity index (χ0n) is 14.3. The van der Waals surface area contributed by atoms with Crippen LogP contribution in [0.4, 0.5) is 5.82 Å². The lowest BCUT2D eigenvalue weighted by atomic mass is 10.2. The molecule has 2 aliphatic rings. The zero-order chi connectivity index (χ0) is 16.5. The van der Waals surface area contributed by atoms with E-state index in [0.717, 1.165) is 55.8 Å². The second kappa shape index (κ2) is 6.49. The second-order valence-electron chi connectivity index (χ2n) is 6.90. The summed E-state index contributed by atoms with van der Waals surface area (Å²) >= 11 is 0. The van der Waals surface area contributed by atoms with E-state index in [4.69, 9.17) is 4.52 Å². The molecule has 7 heteroatoms. The number of hydrogen-bond donors (Lipinski definition) is 1. The number of aromatic nitrogens is 3. The highest BCUT2D eigenvalue weighted by Gasteiger charge is 2.26. The average Bonchev–Trinajstić information content (AvgIpc) is 3.25. The van der Waals surface area contributed by atoms with E-state index in [1.807, 2.05) is 12.3 Å². The molecule has 2 aromatic heterocycles. The van der Waals surface area contributed by atoms with Gasteiger partial charge in [-0.2, -0.15) is 4.98 Å². The molecular formula is C17H24N6O. The monoisotopic (exact) mass is 328 g/mol. The van der Waals surface area contributed by atoms with Gasteiger partial charge in [0.05, 0.1) is 6.04 Å². The lowest BCUT2D eigenvalue weighted by Crippen LogP contribution is -2.44. The van der Waals surface area contributed by atoms with Crippen LogP contribution >= 0.6 is 0 Å². The zero-order valence-corrected chi connectivity index (χ0v) is 14.3. The molecule has 0 spiro atoms. The summed E-state index contributed by atoms with van der Waals surface area (Å²) in [5.74, 6) is 3.03. The van der Waals surface area contributed by atoms with Crippen molar-refractivity contribution < 1.29 is 4.52 Å². The fourth-order valence-electron chi connectivity index (χ4n) is 3.45. The fraction of sp³-hybridized carbons (Fsp3) is 0.588. The summed E-state index contributed by atoms with van der Waals surface area (Å²) in [5, 5.41) is 7.59. The van der Waals surface area contributed by atoms with Crippen LogP contribution in [0.5, 0.6) is 0 Å². The Balaban J connectivity index is 1.56. The number of nitrogens with zero attached hydrogens (tertiary/aromatic N) is 5. The Kier molecular flexibility index (Phi) is 4.20. The van der Waals surface area contributed by atoms with Gasteiger partial charge in [-0.1, -0.05) is 12.1 Å². The fourth-order valence-corrected chi connectivity index (χ4v) is 3.45. The molecule has 2 aliphatic heterocycles. The molecule has 0 aliphatic carbocycles. The molecule has 0 aromatic carbocycles. The summed E-state index contributed by atoms with van der Waals surface area (Å²) in [4.78, 5) is 13.7. The van der Waals surface area contributed by atoms with Crippen molar-refractivity contribution in [2.45, 2.75) is 19.4 Å². The van der Waals surface area contributed by atoms with Crippen molar-refractivity contribution in [2.75, 3.05) is 44.7 Å². The first kappa shape index (κ1) is 15.5. The number of likely N-dealkylation sites (N-methyl/N-ethyl adjacent to an activating group) is 1. The predicted octanol–water partition coefficient (Wildman–Crippen LogP) is 1.55. The number of nitrogens with one attached hydrogen (secondary N) is 1. The van der Waals surface area contributed by atoms with Gasteiger partial charge in [0.2, 0.25) is 0 Å². The van der Waals surface area contributed by atoms with Gasteiger partial charge >= 0.3 is 0 Å². The van der Waals surface area contributed by atoms with E-state index >= 15 is 0 Å². The van der Waals surface area contributed by atoms with E-state index < -0.39 is 0 Å². The summed E-state index contributed by atoms with van der Waals surface area (Å²) in [6.07, 6.45) is 3.05. The number of anilines is 1. The van der Waals surface area contributed by atoms with Crippen LogP contribution in [0.3, 0.4) is 0 Å². The maximum Gasteiger partial charge on any atom is 0.258 e. The molecule has 4 heterocycles. The van der Waals surface area contributed by atoms with Crippen LogP contribution in [0.15, 0.2) is 22.9 Å². The van der Waals surface area contributed by atoms with Crippen molar-refractivity contribution in [2.24, 2.45) is 5.92 Å². The summed E-state index contributed by atoms with van der Waals surface area (Å²) in [6, 6.07) is 4.15. The number of rotatable bonds is 3. The lowest BCUT2D eigenvalue weighted by molar-refractivity contribution is 0.190. The van der Waals surface area contributed by atoms with Crippen LogP contribution in [0.1, 0.15) is 25.2 Å². The molecule has 2 unspecified atom stereocenters. The maximum atomic E-state index is 5.53. The first-order chi connectivity index (χ1) is 11.7. The van der Waals surface area contributed by atoms with Gasteiger partial charge in [-0.25, -0.2) is 4.98 Å². The van der Waals surface area contributed by atoms with Crippen molar-refractivity contribution >= 4 is 5.82 Å². The largest absolute Gasteiger partial charge is 0.356 e. The van der Waals surface area contributed by atoms with Crippen molar-refractivity contribution in [3.63, 3.8) is 0 Å². The molecule has 0 amide bonds. The smallest absolute Gasteiger partial charge is 0.258 e. The highest BCUT2D eigenvalue weighted by atomic mass is 16.5. The summed E-state index contributed by atoms with van der Waals surface area (Å²) in [6.45, 7) is 7.24. The van der Waals surface area contributed by atoms with E-state index in [-0.39, 0.29) is 6.04 Å². The SMILES string of the molecule is CC1CCN(c2cc(-c3nc(C4CNCCN4C)no3)ccn2)C1. The normalized spacial score (nSPS) is 25.3. The molecule has 2 saturated heterocycles. The lowest BCUT2D eigenvalue weighted by Gasteiger charge is -2.30. The Morgan fingerprint density at radius 1 is 1.33 bits per heavy atom. The number of pyridine rings is 1. The van der Waals surface area contributed by atoms with Crippen LogP contribution in [0.25, 0.3) is 11.5 Å². The van der Waals surface area contributed by atoms with E-state index in [1.54, 1.807) is 0 Å². The summed E-state index contributed by atoms with van der Waals surface area (Å²) in [7, 11) is 2.10. The Morgan fingerprint density at radius 3 is 3.04 bits per heavy atom. The second-order valence-corrected chi connectivity index (χ2v) is 6.90. The molecule has 128 valence electrons. The van der Waals surface area contributed by atoms with Gasteiger partial charge in [-0.05, 0) is 31.5 Å². The highest BCUT2D eigenvalue weighted by Crippen LogP contribution is 2.27. The first-order valence-corrected chi connectivity index (χ1v) is 8.66. The van der Waals surface area contributed by atoms with Gasteiger partial charge in [0, 0.05) is 44.5 Å². The third-order valence-corrected chi connectivity index (χ3v) is 4.99. The molecule has 0 saturated carbocycles. The molecule has 24 heavy (non-hydrogen) atoms. The van der Waals surface area contributed by atoms with E-state index in [9.17, 15) is 0 Å². The van der Waals surface area contributed by atoms with Crippen LogP contribution in [0.2, 0.25) is 0 Å². The number of piperazine rings is 1. The minimum atomic E-state index is 0.164. The number of hydrogen-bond acceptors (Lipinski definition) is 7. The molecule has 7 nitrogen and oxygen atoms in total. The Bertz CT molecular complexity index is 702. The van der Waals surface area contributed by atoms with Gasteiger partial charge in [0.25, 0.3) is 5.89 Å². The van der Waals surface area contributed by atoms with Gasteiger partial charge in [0.15, 0.2) is 5.82 Å². The quantitative estimate of drug-likeness (QED) is 0.916. The van der Waals surface area contributed by atoms with Crippen LogP contribution in [-0.2, 0) is 0 Å².